The summed E-state index contributed by atoms with van der Waals surface area (Å²) < 4.78 is 31.9. The van der Waals surface area contributed by atoms with E-state index in [-0.39, 0.29) is 0 Å². The second kappa shape index (κ2) is 9.22. The van der Waals surface area contributed by atoms with Crippen LogP contribution in [0, 0.1) is 13.8 Å². The van der Waals surface area contributed by atoms with E-state index in [4.69, 9.17) is 4.74 Å². The van der Waals surface area contributed by atoms with Crippen molar-refractivity contribution in [3.63, 3.8) is 0 Å². The van der Waals surface area contributed by atoms with Crippen LogP contribution in [0.5, 0.6) is 11.5 Å². The van der Waals surface area contributed by atoms with Gasteiger partial charge in [-0.3, -0.25) is 9.10 Å². The van der Waals surface area contributed by atoms with Gasteiger partial charge < -0.3 is 10.1 Å². The van der Waals surface area contributed by atoms with Crippen molar-refractivity contribution in [2.45, 2.75) is 26.8 Å². The first-order chi connectivity index (χ1) is 14.6. The van der Waals surface area contributed by atoms with Crippen molar-refractivity contribution in [1.82, 2.24) is 0 Å². The molecule has 0 saturated carbocycles. The number of nitrogens with zero attached hydrogens (tertiary/aromatic N) is 1. The van der Waals surface area contributed by atoms with Gasteiger partial charge in [0, 0.05) is 5.69 Å². The summed E-state index contributed by atoms with van der Waals surface area (Å²) in [7, 11) is -3.68. The van der Waals surface area contributed by atoms with Crippen LogP contribution in [0.3, 0.4) is 0 Å². The van der Waals surface area contributed by atoms with Gasteiger partial charge in [-0.2, -0.15) is 0 Å². The molecule has 0 aliphatic heterocycles. The Bertz CT molecular complexity index is 1140. The minimum atomic E-state index is -3.68. The van der Waals surface area contributed by atoms with E-state index in [0.717, 1.165) is 21.7 Å². The van der Waals surface area contributed by atoms with Gasteiger partial charge in [-0.25, -0.2) is 8.42 Å². The third-order valence-corrected chi connectivity index (χ3v) is 5.89. The molecule has 162 valence electrons. The number of benzene rings is 3. The third kappa shape index (κ3) is 5.86. The van der Waals surface area contributed by atoms with Crippen molar-refractivity contribution >= 4 is 27.3 Å². The van der Waals surface area contributed by atoms with E-state index in [1.807, 2.05) is 50.2 Å². The predicted octanol–water partition coefficient (Wildman–Crippen LogP) is 4.89. The molecule has 3 aromatic carbocycles. The Labute approximate surface area is 183 Å². The molecule has 3 rings (SSSR count). The standard InChI is InChI=1S/C24H26N2O4S/c1-17-14-18(2)16-21(15-17)26(31(4,28)29)19(3)24(27)25-20-10-12-23(13-11-20)30-22-8-6-5-7-9-22/h5-16,19H,1-4H3,(H,25,27)/t19-/m0/s1. The number of rotatable bonds is 7. The molecule has 0 aliphatic carbocycles. The van der Waals surface area contributed by atoms with E-state index in [2.05, 4.69) is 5.32 Å². The highest BCUT2D eigenvalue weighted by molar-refractivity contribution is 7.92. The van der Waals surface area contributed by atoms with Crippen LogP contribution in [0.4, 0.5) is 11.4 Å². The SMILES string of the molecule is Cc1cc(C)cc(N([C@@H](C)C(=O)Nc2ccc(Oc3ccccc3)cc2)S(C)(=O)=O)c1. The third-order valence-electron chi connectivity index (χ3n) is 4.65. The number of carbonyl (C=O) groups excluding carboxylic acids is 1. The number of ether oxygens (including phenoxy) is 1. The van der Waals surface area contributed by atoms with E-state index in [1.54, 1.807) is 43.3 Å². The van der Waals surface area contributed by atoms with Crippen molar-refractivity contribution in [2.24, 2.45) is 0 Å². The Kier molecular flexibility index (Phi) is 6.65. The van der Waals surface area contributed by atoms with Crippen LogP contribution in [0.1, 0.15) is 18.1 Å². The highest BCUT2D eigenvalue weighted by Gasteiger charge is 2.29. The maximum Gasteiger partial charge on any atom is 0.247 e. The summed E-state index contributed by atoms with van der Waals surface area (Å²) >= 11 is 0. The van der Waals surface area contributed by atoms with Crippen LogP contribution < -0.4 is 14.4 Å². The number of hydrogen-bond donors (Lipinski definition) is 1. The second-order valence-corrected chi connectivity index (χ2v) is 9.37. The topological polar surface area (TPSA) is 75.7 Å². The lowest BCUT2D eigenvalue weighted by molar-refractivity contribution is -0.116. The van der Waals surface area contributed by atoms with Gasteiger partial charge in [0.05, 0.1) is 11.9 Å². The molecule has 0 saturated heterocycles. The van der Waals surface area contributed by atoms with Crippen molar-refractivity contribution in [3.8, 4) is 11.5 Å². The smallest absolute Gasteiger partial charge is 0.247 e. The maximum absolute atomic E-state index is 12.9. The summed E-state index contributed by atoms with van der Waals surface area (Å²) in [4.78, 5) is 12.9. The molecule has 1 amide bonds. The normalized spacial score (nSPS) is 12.1. The number of hydrogen-bond acceptors (Lipinski definition) is 4. The van der Waals surface area contributed by atoms with Crippen LogP contribution in [-0.2, 0) is 14.8 Å². The van der Waals surface area contributed by atoms with E-state index < -0.39 is 22.0 Å². The van der Waals surface area contributed by atoms with Gasteiger partial charge in [-0.05, 0) is 80.4 Å². The molecule has 0 unspecified atom stereocenters. The molecule has 3 aromatic rings. The maximum atomic E-state index is 12.9. The number of amides is 1. The first kappa shape index (κ1) is 22.4. The minimum absolute atomic E-state index is 0.429. The fourth-order valence-electron chi connectivity index (χ4n) is 3.36. The molecule has 6 nitrogen and oxygen atoms in total. The Morgan fingerprint density at radius 2 is 1.45 bits per heavy atom. The number of nitrogens with one attached hydrogen (secondary N) is 1. The van der Waals surface area contributed by atoms with Crippen LogP contribution in [0.2, 0.25) is 0 Å². The van der Waals surface area contributed by atoms with E-state index in [1.165, 1.54) is 0 Å². The van der Waals surface area contributed by atoms with Crippen LogP contribution in [0.25, 0.3) is 0 Å². The quantitative estimate of drug-likeness (QED) is 0.570. The Morgan fingerprint density at radius 1 is 0.903 bits per heavy atom. The highest BCUT2D eigenvalue weighted by atomic mass is 32.2. The summed E-state index contributed by atoms with van der Waals surface area (Å²) in [5, 5.41) is 2.78. The van der Waals surface area contributed by atoms with Crippen LogP contribution >= 0.6 is 0 Å². The van der Waals surface area contributed by atoms with Gasteiger partial charge >= 0.3 is 0 Å². The van der Waals surface area contributed by atoms with E-state index >= 15 is 0 Å². The zero-order chi connectivity index (χ0) is 22.6. The van der Waals surface area contributed by atoms with Gasteiger partial charge in [-0.15, -0.1) is 0 Å². The lowest BCUT2D eigenvalue weighted by Gasteiger charge is -2.28. The average molecular weight is 439 g/mol. The van der Waals surface area contributed by atoms with E-state index in [0.29, 0.717) is 22.9 Å². The molecule has 0 bridgehead atoms. The molecule has 1 N–H and O–H groups in total. The lowest BCUT2D eigenvalue weighted by atomic mass is 10.1. The molecule has 1 atom stereocenters. The molecule has 31 heavy (non-hydrogen) atoms. The molecular formula is C24H26N2O4S. The Hall–Kier alpha value is -3.32. The molecule has 0 radical (unpaired) electrons. The summed E-state index contributed by atoms with van der Waals surface area (Å²) in [6.07, 6.45) is 1.10. The molecular weight excluding hydrogens is 412 g/mol. The average Bonchev–Trinajstić information content (AvgIpc) is 2.68. The predicted molar refractivity (Wildman–Crippen MR) is 124 cm³/mol. The van der Waals surface area contributed by atoms with Crippen molar-refractivity contribution in [2.75, 3.05) is 15.9 Å². The summed E-state index contributed by atoms with van der Waals surface area (Å²) in [6.45, 7) is 5.35. The van der Waals surface area contributed by atoms with Crippen LogP contribution in [0.15, 0.2) is 72.8 Å². The first-order valence-corrected chi connectivity index (χ1v) is 11.7. The summed E-state index contributed by atoms with van der Waals surface area (Å²) in [5.41, 5.74) is 2.86. The van der Waals surface area contributed by atoms with Crippen molar-refractivity contribution in [3.05, 3.63) is 83.9 Å². The van der Waals surface area contributed by atoms with E-state index in [9.17, 15) is 13.2 Å². The monoisotopic (exact) mass is 438 g/mol. The first-order valence-electron chi connectivity index (χ1n) is 9.85. The fraction of sp³-hybridized carbons (Fsp3) is 0.208. The number of sulfonamides is 1. The Morgan fingerprint density at radius 3 is 2.00 bits per heavy atom. The van der Waals surface area contributed by atoms with Gasteiger partial charge in [0.2, 0.25) is 15.9 Å². The molecule has 0 spiro atoms. The highest BCUT2D eigenvalue weighted by Crippen LogP contribution is 2.26. The van der Waals surface area contributed by atoms with Gasteiger partial charge in [0.1, 0.15) is 17.5 Å². The van der Waals surface area contributed by atoms with Crippen molar-refractivity contribution < 1.29 is 17.9 Å². The fourth-order valence-corrected chi connectivity index (χ4v) is 4.52. The number of anilines is 2. The number of para-hydroxylation sites is 1. The van der Waals surface area contributed by atoms with Crippen LogP contribution in [-0.4, -0.2) is 26.6 Å². The minimum Gasteiger partial charge on any atom is -0.457 e. The second-order valence-electron chi connectivity index (χ2n) is 7.51. The van der Waals surface area contributed by atoms with Gasteiger partial charge in [-0.1, -0.05) is 24.3 Å². The molecule has 0 aliphatic rings. The molecule has 0 heterocycles. The zero-order valence-electron chi connectivity index (χ0n) is 18.0. The lowest BCUT2D eigenvalue weighted by Crippen LogP contribution is -2.45. The van der Waals surface area contributed by atoms with Crippen molar-refractivity contribution in [1.29, 1.82) is 0 Å². The number of carbonyl (C=O) groups is 1. The van der Waals surface area contributed by atoms with Gasteiger partial charge in [0.25, 0.3) is 0 Å². The zero-order valence-corrected chi connectivity index (χ0v) is 18.8. The molecule has 0 fully saturated rings. The summed E-state index contributed by atoms with van der Waals surface area (Å²) in [5.74, 6) is 0.914. The van der Waals surface area contributed by atoms with Gasteiger partial charge in [0.15, 0.2) is 0 Å². The summed E-state index contributed by atoms with van der Waals surface area (Å²) in [6, 6.07) is 20.8. The number of aryl methyl sites for hydroxylation is 2. The molecule has 7 heteroatoms. The largest absolute Gasteiger partial charge is 0.457 e. The molecule has 0 aromatic heterocycles. The Balaban J connectivity index is 1.76.